The van der Waals surface area contributed by atoms with E-state index in [1.165, 1.54) is 45.5 Å². The Morgan fingerprint density at radius 1 is 1.00 bits per heavy atom. The van der Waals surface area contributed by atoms with Crippen molar-refractivity contribution in [3.63, 3.8) is 0 Å². The smallest absolute Gasteiger partial charge is 0.306 e. The van der Waals surface area contributed by atoms with Gasteiger partial charge in [-0.2, -0.15) is 0 Å². The van der Waals surface area contributed by atoms with Crippen molar-refractivity contribution >= 4 is 21.8 Å². The Morgan fingerprint density at radius 3 is 2.26 bits per heavy atom. The summed E-state index contributed by atoms with van der Waals surface area (Å²) < 4.78 is 54.1. The van der Waals surface area contributed by atoms with Crippen molar-refractivity contribution in [2.75, 3.05) is 34.4 Å². The largest absolute Gasteiger partial charge is 0.493 e. The van der Waals surface area contributed by atoms with Crippen molar-refractivity contribution in [3.05, 3.63) is 53.8 Å². The molecule has 0 bridgehead atoms. The minimum absolute atomic E-state index is 0.0421. The number of rotatable bonds is 11. The van der Waals surface area contributed by atoms with Gasteiger partial charge in [-0.1, -0.05) is 0 Å². The van der Waals surface area contributed by atoms with Gasteiger partial charge in [0.05, 0.1) is 19.1 Å². The molecule has 0 saturated carbocycles. The number of halogens is 1. The second-order valence-electron chi connectivity index (χ2n) is 6.54. The minimum atomic E-state index is -3.79. The molecule has 0 aliphatic rings. The number of methoxy groups -OCH3 is 2. The van der Waals surface area contributed by atoms with E-state index in [0.717, 1.165) is 16.4 Å². The first kappa shape index (κ1) is 24.3. The Hall–Kier alpha value is -2.98. The van der Waals surface area contributed by atoms with Crippen LogP contribution in [0.25, 0.3) is 0 Å². The molecule has 0 fully saturated rings. The molecule has 0 radical (unpaired) electrons. The fraction of sp³-hybridized carbons (Fsp3) is 0.333. The molecule has 0 spiro atoms. The number of carbonyl (C=O) groups excluding carboxylic acids is 2. The highest BCUT2D eigenvalue weighted by molar-refractivity contribution is 7.89. The van der Waals surface area contributed by atoms with Crippen LogP contribution in [0.15, 0.2) is 47.4 Å². The molecule has 2 rings (SSSR count). The van der Waals surface area contributed by atoms with Crippen molar-refractivity contribution in [1.82, 2.24) is 4.31 Å². The number of nitrogens with zero attached hydrogens (tertiary/aromatic N) is 1. The predicted molar refractivity (Wildman–Crippen MR) is 110 cm³/mol. The van der Waals surface area contributed by atoms with E-state index in [1.54, 1.807) is 6.07 Å². The molecule has 0 aliphatic heterocycles. The molecular formula is C21H24FNO7S. The van der Waals surface area contributed by atoms with Gasteiger partial charge >= 0.3 is 5.97 Å². The van der Waals surface area contributed by atoms with E-state index in [-0.39, 0.29) is 24.3 Å². The number of sulfonamides is 1. The maximum absolute atomic E-state index is 13.0. The molecular weight excluding hydrogens is 429 g/mol. The van der Waals surface area contributed by atoms with Crippen LogP contribution in [0.3, 0.4) is 0 Å². The summed E-state index contributed by atoms with van der Waals surface area (Å²) in [6, 6.07) is 9.08. The maximum Gasteiger partial charge on any atom is 0.306 e. The first-order chi connectivity index (χ1) is 14.7. The van der Waals surface area contributed by atoms with E-state index in [2.05, 4.69) is 0 Å². The molecule has 0 aromatic heterocycles. The molecule has 2 aromatic carbocycles. The number of esters is 1. The summed E-state index contributed by atoms with van der Waals surface area (Å²) in [6.45, 7) is -0.392. The van der Waals surface area contributed by atoms with Gasteiger partial charge < -0.3 is 14.2 Å². The lowest BCUT2D eigenvalue weighted by molar-refractivity contribution is -0.142. The lowest BCUT2D eigenvalue weighted by Crippen LogP contribution is -2.28. The zero-order chi connectivity index (χ0) is 23.0. The number of hydrogen-bond donors (Lipinski definition) is 0. The molecule has 10 heteroatoms. The highest BCUT2D eigenvalue weighted by Crippen LogP contribution is 2.27. The molecule has 0 unspecified atom stereocenters. The Morgan fingerprint density at radius 2 is 1.65 bits per heavy atom. The van der Waals surface area contributed by atoms with Gasteiger partial charge in [-0.15, -0.1) is 0 Å². The Labute approximate surface area is 180 Å². The molecule has 0 aliphatic carbocycles. The average Bonchev–Trinajstić information content (AvgIpc) is 2.77. The van der Waals surface area contributed by atoms with Gasteiger partial charge in [-0.25, -0.2) is 17.1 Å². The molecule has 0 N–H and O–H groups in total. The van der Waals surface area contributed by atoms with E-state index in [1.807, 2.05) is 0 Å². The van der Waals surface area contributed by atoms with Crippen LogP contribution in [0.1, 0.15) is 23.2 Å². The second-order valence-corrected chi connectivity index (χ2v) is 8.58. The highest BCUT2D eigenvalue weighted by atomic mass is 32.2. The monoisotopic (exact) mass is 453 g/mol. The second kappa shape index (κ2) is 10.9. The predicted octanol–water partition coefficient (Wildman–Crippen LogP) is 2.67. The van der Waals surface area contributed by atoms with Crippen molar-refractivity contribution < 1.29 is 36.6 Å². The number of hydrogen-bond acceptors (Lipinski definition) is 7. The quantitative estimate of drug-likeness (QED) is 0.381. The fourth-order valence-corrected chi connectivity index (χ4v) is 3.87. The zero-order valence-corrected chi connectivity index (χ0v) is 18.3. The van der Waals surface area contributed by atoms with Gasteiger partial charge in [0.25, 0.3) is 0 Å². The highest BCUT2D eigenvalue weighted by Gasteiger charge is 2.21. The summed E-state index contributed by atoms with van der Waals surface area (Å²) in [5.41, 5.74) is 0.301. The van der Waals surface area contributed by atoms with Gasteiger partial charge in [0, 0.05) is 25.6 Å². The molecule has 168 valence electrons. The number of benzene rings is 2. The molecule has 0 amide bonds. The van der Waals surface area contributed by atoms with Crippen LogP contribution >= 0.6 is 0 Å². The normalized spacial score (nSPS) is 11.3. The van der Waals surface area contributed by atoms with Gasteiger partial charge in [0.1, 0.15) is 5.82 Å². The van der Waals surface area contributed by atoms with Crippen molar-refractivity contribution in [3.8, 4) is 11.5 Å². The van der Waals surface area contributed by atoms with E-state index < -0.39 is 34.2 Å². The topological polar surface area (TPSA) is 99.2 Å². The van der Waals surface area contributed by atoms with E-state index in [4.69, 9.17) is 14.2 Å². The average molecular weight is 453 g/mol. The number of ether oxygens (including phenoxy) is 3. The molecule has 31 heavy (non-hydrogen) atoms. The molecule has 0 atom stereocenters. The van der Waals surface area contributed by atoms with Crippen LogP contribution in [0, 0.1) is 5.82 Å². The summed E-state index contributed by atoms with van der Waals surface area (Å²) in [7, 11) is 0.496. The SMILES string of the molecule is COc1ccc(C(=O)COC(=O)CCCN(C)S(=O)(=O)c2ccc(F)cc2)cc1OC. The number of ketones is 1. The Kier molecular flexibility index (Phi) is 8.52. The summed E-state index contributed by atoms with van der Waals surface area (Å²) in [5.74, 6) is -0.723. The minimum Gasteiger partial charge on any atom is -0.493 e. The van der Waals surface area contributed by atoms with Crippen molar-refractivity contribution in [2.24, 2.45) is 0 Å². The lowest BCUT2D eigenvalue weighted by Gasteiger charge is -2.17. The van der Waals surface area contributed by atoms with Crippen LogP contribution in [0.4, 0.5) is 4.39 Å². The van der Waals surface area contributed by atoms with Gasteiger partial charge in [0.15, 0.2) is 23.9 Å². The third-order valence-corrected chi connectivity index (χ3v) is 6.32. The van der Waals surface area contributed by atoms with Crippen LogP contribution in [-0.2, 0) is 19.6 Å². The van der Waals surface area contributed by atoms with Gasteiger partial charge in [-0.3, -0.25) is 9.59 Å². The molecule has 0 heterocycles. The molecule has 2 aromatic rings. The fourth-order valence-electron chi connectivity index (χ4n) is 2.66. The van der Waals surface area contributed by atoms with E-state index in [9.17, 15) is 22.4 Å². The standard InChI is InChI=1S/C21H24FNO7S/c1-23(31(26,27)17-9-7-16(22)8-10-17)12-4-5-21(25)30-14-18(24)15-6-11-19(28-2)20(13-15)29-3/h6-11,13H,4-5,12,14H2,1-3H3. The Bertz CT molecular complexity index is 1020. The first-order valence-corrected chi connectivity index (χ1v) is 10.8. The van der Waals surface area contributed by atoms with Crippen LogP contribution in [0.5, 0.6) is 11.5 Å². The molecule has 0 saturated heterocycles. The summed E-state index contributed by atoms with van der Waals surface area (Å²) >= 11 is 0. The third-order valence-electron chi connectivity index (χ3n) is 4.45. The van der Waals surface area contributed by atoms with Crippen LogP contribution in [0.2, 0.25) is 0 Å². The summed E-state index contributed by atoms with van der Waals surface area (Å²) in [5, 5.41) is 0. The lowest BCUT2D eigenvalue weighted by atomic mass is 10.1. The summed E-state index contributed by atoms with van der Waals surface area (Å²) in [6.07, 6.45) is 0.128. The third kappa shape index (κ3) is 6.50. The van der Waals surface area contributed by atoms with E-state index >= 15 is 0 Å². The zero-order valence-electron chi connectivity index (χ0n) is 17.5. The van der Waals surface area contributed by atoms with Crippen LogP contribution in [-0.4, -0.2) is 58.9 Å². The van der Waals surface area contributed by atoms with Gasteiger partial charge in [0.2, 0.25) is 10.0 Å². The number of carbonyl (C=O) groups is 2. The van der Waals surface area contributed by atoms with Crippen molar-refractivity contribution in [1.29, 1.82) is 0 Å². The van der Waals surface area contributed by atoms with Crippen LogP contribution < -0.4 is 9.47 Å². The summed E-state index contributed by atoms with van der Waals surface area (Å²) in [4.78, 5) is 24.1. The number of Topliss-reactive ketones (excluding diaryl/α,β-unsaturated/α-hetero) is 1. The van der Waals surface area contributed by atoms with Crippen molar-refractivity contribution in [2.45, 2.75) is 17.7 Å². The van der Waals surface area contributed by atoms with Gasteiger partial charge in [-0.05, 0) is 48.9 Å². The van der Waals surface area contributed by atoms with E-state index in [0.29, 0.717) is 17.1 Å². The first-order valence-electron chi connectivity index (χ1n) is 9.31. The maximum atomic E-state index is 13.0. The Balaban J connectivity index is 1.81. The molecule has 8 nitrogen and oxygen atoms in total.